The minimum Gasteiger partial charge on any atom is -0.497 e. The summed E-state index contributed by atoms with van der Waals surface area (Å²) in [5.74, 6) is 0.609. The van der Waals surface area contributed by atoms with E-state index in [1.165, 1.54) is 9.13 Å². The van der Waals surface area contributed by atoms with E-state index in [2.05, 4.69) is 10.3 Å². The maximum atomic E-state index is 12.4. The molecule has 2 N–H and O–H groups in total. The molecule has 4 aromatic rings. The van der Waals surface area contributed by atoms with Gasteiger partial charge in [-0.25, -0.2) is 0 Å². The molecule has 0 bridgehead atoms. The summed E-state index contributed by atoms with van der Waals surface area (Å²) >= 11 is 0. The Morgan fingerprint density at radius 3 is 2.65 bits per heavy atom. The summed E-state index contributed by atoms with van der Waals surface area (Å²) in [4.78, 5) is 40.3. The van der Waals surface area contributed by atoms with Crippen molar-refractivity contribution >= 4 is 27.8 Å². The Hall–Kier alpha value is -3.81. The number of amides is 1. The molecule has 160 valence electrons. The number of hydrogen-bond acceptors (Lipinski definition) is 4. The number of hydrogen-bond donors (Lipinski definition) is 2. The third kappa shape index (κ3) is 3.96. The van der Waals surface area contributed by atoms with Crippen LogP contribution in [0.15, 0.2) is 58.3 Å². The highest BCUT2D eigenvalue weighted by molar-refractivity contribution is 5.84. The number of aromatic amines is 1. The molecule has 0 saturated heterocycles. The van der Waals surface area contributed by atoms with Crippen LogP contribution < -0.4 is 21.2 Å². The van der Waals surface area contributed by atoms with Crippen molar-refractivity contribution in [1.29, 1.82) is 0 Å². The van der Waals surface area contributed by atoms with Crippen LogP contribution in [0.5, 0.6) is 5.75 Å². The van der Waals surface area contributed by atoms with Crippen LogP contribution >= 0.6 is 0 Å². The first-order valence-electron chi connectivity index (χ1n) is 10.1. The van der Waals surface area contributed by atoms with Crippen molar-refractivity contribution in [2.45, 2.75) is 19.4 Å². The zero-order valence-electron chi connectivity index (χ0n) is 17.5. The van der Waals surface area contributed by atoms with Crippen molar-refractivity contribution in [2.24, 2.45) is 7.05 Å². The highest BCUT2D eigenvalue weighted by atomic mass is 16.5. The van der Waals surface area contributed by atoms with Crippen LogP contribution in [0, 0.1) is 0 Å². The minimum atomic E-state index is -0.623. The number of aryl methyl sites for hydroxylation is 2. The molecule has 2 aromatic heterocycles. The van der Waals surface area contributed by atoms with Gasteiger partial charge in [0, 0.05) is 43.7 Å². The number of fused-ring (bicyclic) bond motifs is 2. The number of carbonyl (C=O) groups is 1. The van der Waals surface area contributed by atoms with E-state index in [9.17, 15) is 14.4 Å². The Balaban J connectivity index is 1.41. The lowest BCUT2D eigenvalue weighted by Gasteiger charge is -2.12. The summed E-state index contributed by atoms with van der Waals surface area (Å²) in [6.07, 6.45) is 2.70. The Kier molecular flexibility index (Phi) is 5.62. The summed E-state index contributed by atoms with van der Waals surface area (Å²) in [6, 6.07) is 13.0. The van der Waals surface area contributed by atoms with Crippen LogP contribution in [0.1, 0.15) is 12.0 Å². The summed E-state index contributed by atoms with van der Waals surface area (Å²) in [5, 5.41) is 3.96. The van der Waals surface area contributed by atoms with E-state index in [4.69, 9.17) is 4.74 Å². The predicted octanol–water partition coefficient (Wildman–Crippen LogP) is 1.94. The molecule has 4 rings (SSSR count). The van der Waals surface area contributed by atoms with E-state index in [1.807, 2.05) is 30.5 Å². The van der Waals surface area contributed by atoms with Crippen LogP contribution in [-0.4, -0.2) is 33.7 Å². The van der Waals surface area contributed by atoms with Crippen molar-refractivity contribution in [3.05, 3.63) is 74.9 Å². The fraction of sp³-hybridized carbons (Fsp3) is 0.261. The maximum Gasteiger partial charge on any atom is 0.316 e. The lowest BCUT2D eigenvalue weighted by atomic mass is 10.1. The van der Waals surface area contributed by atoms with E-state index in [1.54, 1.807) is 32.4 Å². The van der Waals surface area contributed by atoms with E-state index >= 15 is 0 Å². The van der Waals surface area contributed by atoms with Gasteiger partial charge in [0.1, 0.15) is 5.75 Å². The Morgan fingerprint density at radius 1 is 1.10 bits per heavy atom. The largest absolute Gasteiger partial charge is 0.497 e. The molecule has 2 aromatic carbocycles. The molecule has 8 heteroatoms. The molecule has 0 radical (unpaired) electrons. The minimum absolute atomic E-state index is 0.110. The third-order valence-corrected chi connectivity index (χ3v) is 5.52. The van der Waals surface area contributed by atoms with Gasteiger partial charge in [-0.2, -0.15) is 0 Å². The molecule has 0 unspecified atom stereocenters. The number of rotatable bonds is 7. The first kappa shape index (κ1) is 20.5. The number of para-hydroxylation sites is 2. The fourth-order valence-electron chi connectivity index (χ4n) is 3.81. The van der Waals surface area contributed by atoms with Crippen LogP contribution in [0.4, 0.5) is 0 Å². The number of benzene rings is 2. The van der Waals surface area contributed by atoms with Crippen LogP contribution in [-0.2, 0) is 24.8 Å². The fourth-order valence-corrected chi connectivity index (χ4v) is 3.81. The number of nitrogens with one attached hydrogen (secondary N) is 2. The van der Waals surface area contributed by atoms with Gasteiger partial charge in [-0.05, 0) is 42.3 Å². The van der Waals surface area contributed by atoms with Gasteiger partial charge in [0.05, 0.1) is 18.1 Å². The number of ether oxygens (including phenoxy) is 1. The number of aromatic nitrogens is 3. The second kappa shape index (κ2) is 8.51. The van der Waals surface area contributed by atoms with Gasteiger partial charge in [-0.3, -0.25) is 14.4 Å². The van der Waals surface area contributed by atoms with Crippen LogP contribution in [0.3, 0.4) is 0 Å². The second-order valence-electron chi connectivity index (χ2n) is 7.39. The van der Waals surface area contributed by atoms with Crippen LogP contribution in [0.25, 0.3) is 21.9 Å². The lowest BCUT2D eigenvalue weighted by Crippen LogP contribution is -2.41. The zero-order valence-corrected chi connectivity index (χ0v) is 17.5. The predicted molar refractivity (Wildman–Crippen MR) is 120 cm³/mol. The molecular weight excluding hydrogens is 396 g/mol. The van der Waals surface area contributed by atoms with Gasteiger partial charge < -0.3 is 24.2 Å². The molecule has 31 heavy (non-hydrogen) atoms. The summed E-state index contributed by atoms with van der Waals surface area (Å²) < 4.78 is 8.00. The molecule has 0 aliphatic carbocycles. The van der Waals surface area contributed by atoms with Gasteiger partial charge in [0.2, 0.25) is 5.91 Å². The molecule has 0 aliphatic rings. The topological polar surface area (TPSA) is 98.1 Å². The van der Waals surface area contributed by atoms with Gasteiger partial charge in [-0.1, -0.05) is 12.1 Å². The van der Waals surface area contributed by atoms with Crippen molar-refractivity contribution in [2.75, 3.05) is 13.7 Å². The monoisotopic (exact) mass is 420 g/mol. The molecule has 0 fully saturated rings. The van der Waals surface area contributed by atoms with Crippen molar-refractivity contribution < 1.29 is 9.53 Å². The first-order valence-corrected chi connectivity index (χ1v) is 10.1. The quantitative estimate of drug-likeness (QED) is 0.447. The normalized spacial score (nSPS) is 11.2. The third-order valence-electron chi connectivity index (χ3n) is 5.52. The van der Waals surface area contributed by atoms with E-state index in [-0.39, 0.29) is 18.9 Å². The zero-order chi connectivity index (χ0) is 22.0. The molecule has 8 nitrogen and oxygen atoms in total. The Bertz CT molecular complexity index is 1380. The molecule has 0 saturated carbocycles. The van der Waals surface area contributed by atoms with Crippen LogP contribution in [0.2, 0.25) is 0 Å². The Labute approximate surface area is 178 Å². The average Bonchev–Trinajstić information content (AvgIpc) is 3.19. The number of carbonyl (C=O) groups excluding carboxylic acids is 1. The standard InChI is InChI=1S/C23H24N4O4/c1-26-19-5-3-4-6-20(19)27(23(30)22(26)29)12-10-21(28)24-11-9-15-14-25-18-8-7-16(31-2)13-17(15)18/h3-8,13-14,25H,9-12H2,1-2H3,(H,24,28). The first-order chi connectivity index (χ1) is 15.0. The van der Waals surface area contributed by atoms with Crippen molar-refractivity contribution in [3.8, 4) is 5.75 Å². The van der Waals surface area contributed by atoms with E-state index in [0.29, 0.717) is 24.0 Å². The highest BCUT2D eigenvalue weighted by Gasteiger charge is 2.12. The van der Waals surface area contributed by atoms with E-state index < -0.39 is 11.1 Å². The molecule has 0 spiro atoms. The molecule has 2 heterocycles. The van der Waals surface area contributed by atoms with Gasteiger partial charge in [-0.15, -0.1) is 0 Å². The van der Waals surface area contributed by atoms with E-state index in [0.717, 1.165) is 22.2 Å². The average molecular weight is 420 g/mol. The SMILES string of the molecule is COc1ccc2[nH]cc(CCNC(=O)CCn3c(=O)c(=O)n(C)c4ccccc43)c2c1. The summed E-state index contributed by atoms with van der Waals surface area (Å²) in [6.45, 7) is 0.612. The van der Waals surface area contributed by atoms with Gasteiger partial charge >= 0.3 is 11.1 Å². The number of nitrogens with zero attached hydrogens (tertiary/aromatic N) is 2. The van der Waals surface area contributed by atoms with Gasteiger partial charge in [0.15, 0.2) is 0 Å². The maximum absolute atomic E-state index is 12.4. The summed E-state index contributed by atoms with van der Waals surface area (Å²) in [5.41, 5.74) is 2.16. The Morgan fingerprint density at radius 2 is 1.87 bits per heavy atom. The smallest absolute Gasteiger partial charge is 0.316 e. The molecule has 0 atom stereocenters. The summed E-state index contributed by atoms with van der Waals surface area (Å²) in [7, 11) is 3.20. The second-order valence-corrected chi connectivity index (χ2v) is 7.39. The highest BCUT2D eigenvalue weighted by Crippen LogP contribution is 2.23. The molecule has 0 aliphatic heterocycles. The molecular formula is C23H24N4O4. The number of H-pyrrole nitrogens is 1. The van der Waals surface area contributed by atoms with Gasteiger partial charge in [0.25, 0.3) is 0 Å². The number of methoxy groups -OCH3 is 1. The van der Waals surface area contributed by atoms with Crippen molar-refractivity contribution in [1.82, 2.24) is 19.4 Å². The van der Waals surface area contributed by atoms with Crippen molar-refractivity contribution in [3.63, 3.8) is 0 Å². The molecule has 1 amide bonds. The lowest BCUT2D eigenvalue weighted by molar-refractivity contribution is -0.121.